The van der Waals surface area contributed by atoms with E-state index in [4.69, 9.17) is 0 Å². The second kappa shape index (κ2) is 13.9. The highest BCUT2D eigenvalue weighted by Crippen LogP contribution is 2.59. The molecule has 0 atom stereocenters. The number of nitrogens with one attached hydrogen (secondary N) is 1. The van der Waals surface area contributed by atoms with Crippen LogP contribution in [0.3, 0.4) is 0 Å². The van der Waals surface area contributed by atoms with Crippen LogP contribution in [0.1, 0.15) is 78.5 Å². The number of carbonyl (C=O) groups is 2. The molecule has 0 aromatic heterocycles. The third kappa shape index (κ3) is 5.37. The molecule has 5 nitrogen and oxygen atoms in total. The molecular weight excluding hydrogens is 769 g/mol. The number of nitrogens with zero attached hydrogens (tertiary/aromatic N) is 2. The van der Waals surface area contributed by atoms with Crippen LogP contribution < -0.4 is 26.0 Å². The minimum Gasteiger partial charge on any atom is -0.355 e. The Hall–Kier alpha value is -7.18. The fourth-order valence-electron chi connectivity index (χ4n) is 11.5. The summed E-state index contributed by atoms with van der Waals surface area (Å²) < 4.78 is 0. The summed E-state index contributed by atoms with van der Waals surface area (Å²) in [6.07, 6.45) is 7.15. The topological polar surface area (TPSA) is 52.7 Å². The quantitative estimate of drug-likeness (QED) is 0.134. The Bertz CT molecular complexity index is 3090. The molecule has 12 rings (SSSR count). The third-order valence-electron chi connectivity index (χ3n) is 14.3. The van der Waals surface area contributed by atoms with Gasteiger partial charge in [-0.25, -0.2) is 0 Å². The second-order valence-electron chi connectivity index (χ2n) is 18.1. The largest absolute Gasteiger partial charge is 0.355 e. The van der Waals surface area contributed by atoms with Gasteiger partial charge >= 0.3 is 0 Å². The van der Waals surface area contributed by atoms with E-state index in [1.54, 1.807) is 0 Å². The Morgan fingerprint density at radius 1 is 0.619 bits per heavy atom. The highest BCUT2D eigenvalue weighted by molar-refractivity contribution is 6.73. The molecule has 1 fully saturated rings. The number of hydrogen-bond acceptors (Lipinski definition) is 4. The van der Waals surface area contributed by atoms with Crippen molar-refractivity contribution in [3.05, 3.63) is 208 Å². The highest BCUT2D eigenvalue weighted by atomic mass is 16.2. The van der Waals surface area contributed by atoms with Gasteiger partial charge < -0.3 is 10.2 Å². The monoisotopic (exact) mass is 814 g/mol. The molecule has 63 heavy (non-hydrogen) atoms. The van der Waals surface area contributed by atoms with E-state index in [1.165, 1.54) is 77.3 Å². The molecule has 1 saturated heterocycles. The molecule has 2 aliphatic carbocycles. The molecule has 0 unspecified atom stereocenters. The van der Waals surface area contributed by atoms with E-state index in [0.29, 0.717) is 5.69 Å². The van der Waals surface area contributed by atoms with Crippen LogP contribution in [0.4, 0.5) is 34.1 Å². The predicted octanol–water partition coefficient (Wildman–Crippen LogP) is 11.6. The first kappa shape index (κ1) is 37.6. The minimum atomic E-state index is -0.548. The average molecular weight is 815 g/mol. The van der Waals surface area contributed by atoms with Gasteiger partial charge in [0.05, 0.1) is 22.5 Å². The fraction of sp³-hybridized carbons (Fsp3) is 0.158. The van der Waals surface area contributed by atoms with Gasteiger partial charge in [0.1, 0.15) is 0 Å². The van der Waals surface area contributed by atoms with Crippen molar-refractivity contribution < 1.29 is 9.59 Å². The molecule has 0 saturated carbocycles. The predicted molar refractivity (Wildman–Crippen MR) is 258 cm³/mol. The first-order chi connectivity index (χ1) is 30.7. The van der Waals surface area contributed by atoms with Gasteiger partial charge in [0, 0.05) is 46.4 Å². The Morgan fingerprint density at radius 2 is 1.30 bits per heavy atom. The molecular formula is C57H45BN3O2. The number of hydrogen-bond donors (Lipinski definition) is 1. The van der Waals surface area contributed by atoms with Gasteiger partial charge in [-0.3, -0.25) is 14.5 Å². The van der Waals surface area contributed by atoms with Crippen molar-refractivity contribution in [3.8, 4) is 11.1 Å². The summed E-state index contributed by atoms with van der Waals surface area (Å²) >= 11 is 0. The molecule has 1 radical (unpaired) electrons. The normalized spacial score (nSPS) is 17.1. The lowest BCUT2D eigenvalue weighted by Gasteiger charge is -2.49. The van der Waals surface area contributed by atoms with E-state index in [-0.39, 0.29) is 30.1 Å². The number of allylic oxidation sites excluding steroid dienone is 4. The molecule has 0 bridgehead atoms. The highest BCUT2D eigenvalue weighted by Gasteiger charge is 2.49. The molecule has 6 heteroatoms. The van der Waals surface area contributed by atoms with Crippen LogP contribution in [0.25, 0.3) is 16.7 Å². The summed E-state index contributed by atoms with van der Waals surface area (Å²) in [6, 6.07) is 55.0. The van der Waals surface area contributed by atoms with E-state index < -0.39 is 5.41 Å². The van der Waals surface area contributed by atoms with Crippen molar-refractivity contribution in [3.63, 3.8) is 0 Å². The molecule has 7 aromatic rings. The number of benzene rings is 7. The fourth-order valence-corrected chi connectivity index (χ4v) is 11.5. The zero-order valence-corrected chi connectivity index (χ0v) is 35.7. The van der Waals surface area contributed by atoms with E-state index in [1.807, 2.05) is 24.3 Å². The zero-order valence-electron chi connectivity index (χ0n) is 35.7. The first-order valence-electron chi connectivity index (χ1n) is 22.2. The summed E-state index contributed by atoms with van der Waals surface area (Å²) in [5.74, 6) is -0.292. The number of aryl methyl sites for hydroxylation is 1. The molecule has 7 aromatic carbocycles. The second-order valence-corrected chi connectivity index (χ2v) is 18.1. The number of para-hydroxylation sites is 2. The van der Waals surface area contributed by atoms with Crippen molar-refractivity contribution in [1.29, 1.82) is 0 Å². The number of fused-ring (bicyclic) bond motifs is 6. The molecule has 1 N–H and O–H groups in total. The Morgan fingerprint density at radius 3 is 2.03 bits per heavy atom. The lowest BCUT2D eigenvalue weighted by molar-refractivity contribution is -0.121. The molecule has 303 valence electrons. The van der Waals surface area contributed by atoms with Crippen LogP contribution in [0, 0.1) is 6.92 Å². The lowest BCUT2D eigenvalue weighted by Crippen LogP contribution is -2.47. The Kier molecular flexibility index (Phi) is 8.30. The molecule has 3 aliphatic heterocycles. The average Bonchev–Trinajstić information content (AvgIpc) is 3.77. The molecule has 3 heterocycles. The zero-order chi connectivity index (χ0) is 42.6. The summed E-state index contributed by atoms with van der Waals surface area (Å²) in [4.78, 5) is 29.2. The van der Waals surface area contributed by atoms with Crippen molar-refractivity contribution in [2.75, 3.05) is 15.1 Å². The van der Waals surface area contributed by atoms with E-state index in [0.717, 1.165) is 41.0 Å². The van der Waals surface area contributed by atoms with Crippen molar-refractivity contribution in [2.24, 2.45) is 0 Å². The van der Waals surface area contributed by atoms with Crippen molar-refractivity contribution in [1.82, 2.24) is 0 Å². The third-order valence-corrected chi connectivity index (χ3v) is 14.3. The lowest BCUT2D eigenvalue weighted by atomic mass is 9.54. The summed E-state index contributed by atoms with van der Waals surface area (Å²) in [7, 11) is 2.42. The SMILES string of the molecule is Cc1cc(-c2ccc3c(c2Nc2ccc(N4C(=O)CCC4=O)cc2)C2=C(C=CCC2)C3(C)C)c2c(c1)N1c3ccccc3C(c3ccccc3)(c3ccccc3)c3cccc(c31)[B]2. The smallest absolute Gasteiger partial charge is 0.234 e. The van der Waals surface area contributed by atoms with Crippen LogP contribution in [-0.2, 0) is 20.4 Å². The first-order valence-corrected chi connectivity index (χ1v) is 22.2. The maximum atomic E-state index is 12.7. The maximum absolute atomic E-state index is 12.7. The Labute approximate surface area is 369 Å². The van der Waals surface area contributed by atoms with Crippen molar-refractivity contribution >= 4 is 69.7 Å². The summed E-state index contributed by atoms with van der Waals surface area (Å²) in [5, 5.41) is 3.96. The van der Waals surface area contributed by atoms with Gasteiger partial charge in [-0.1, -0.05) is 147 Å². The van der Waals surface area contributed by atoms with Gasteiger partial charge in [-0.15, -0.1) is 0 Å². The standard InChI is InChI=1S/C57H45BN3O2/c1-35-33-42(40-29-30-45-52(41-19-10-11-20-43(41)56(45,2)3)54(40)59-38-25-27-39(28-26-38)60-50(62)31-32-51(60)63)53-49(34-35)61-48-24-13-12-21-44(48)57(36-15-6-4-7-16-36,37-17-8-5-9-18-37)46-22-14-23-47(58-53)55(46)61/h4-9,11-18,20-30,33-34,59H,10,19,31-32H2,1-3H3. The Balaban J connectivity index is 1.08. The van der Waals surface area contributed by atoms with Gasteiger partial charge in [0.15, 0.2) is 7.28 Å². The molecule has 2 amide bonds. The van der Waals surface area contributed by atoms with Crippen LogP contribution in [0.5, 0.6) is 0 Å². The van der Waals surface area contributed by atoms with E-state index in [2.05, 4.69) is 178 Å². The van der Waals surface area contributed by atoms with Crippen LogP contribution in [0.2, 0.25) is 0 Å². The number of rotatable bonds is 6. The van der Waals surface area contributed by atoms with Gasteiger partial charge in [0.2, 0.25) is 11.8 Å². The number of amides is 2. The van der Waals surface area contributed by atoms with Crippen LogP contribution >= 0.6 is 0 Å². The number of anilines is 6. The van der Waals surface area contributed by atoms with E-state index >= 15 is 0 Å². The summed E-state index contributed by atoms with van der Waals surface area (Å²) in [5.41, 5.74) is 21.6. The minimum absolute atomic E-state index is 0.146. The number of imide groups is 1. The van der Waals surface area contributed by atoms with Crippen LogP contribution in [-0.4, -0.2) is 19.1 Å². The van der Waals surface area contributed by atoms with E-state index in [9.17, 15) is 9.59 Å². The maximum Gasteiger partial charge on any atom is 0.234 e. The van der Waals surface area contributed by atoms with Gasteiger partial charge in [0.25, 0.3) is 0 Å². The van der Waals surface area contributed by atoms with Gasteiger partial charge in [-0.2, -0.15) is 0 Å². The molecule has 0 spiro atoms. The summed E-state index contributed by atoms with van der Waals surface area (Å²) in [6.45, 7) is 6.92. The van der Waals surface area contributed by atoms with Crippen molar-refractivity contribution in [2.45, 2.75) is 57.3 Å². The van der Waals surface area contributed by atoms with Crippen LogP contribution in [0.15, 0.2) is 169 Å². The number of carbonyl (C=O) groups excluding carboxylic acids is 2. The van der Waals surface area contributed by atoms with Gasteiger partial charge in [-0.05, 0) is 112 Å². The molecule has 5 aliphatic rings.